The molecule has 1 unspecified atom stereocenters. The zero-order valence-corrected chi connectivity index (χ0v) is 9.50. The molecule has 0 aliphatic rings. The van der Waals surface area contributed by atoms with Gasteiger partial charge in [-0.3, -0.25) is 4.79 Å². The van der Waals surface area contributed by atoms with Crippen molar-refractivity contribution < 1.29 is 20.1 Å². The van der Waals surface area contributed by atoms with Crippen LogP contribution in [0.5, 0.6) is 0 Å². The minimum Gasteiger partial charge on any atom is -0.480 e. The van der Waals surface area contributed by atoms with Crippen LogP contribution in [0.4, 0.5) is 0 Å². The van der Waals surface area contributed by atoms with Crippen molar-refractivity contribution in [3.8, 4) is 0 Å². The maximum Gasteiger partial charge on any atom is 0.321 e. The smallest absolute Gasteiger partial charge is 0.321 e. The van der Waals surface area contributed by atoms with E-state index in [1.165, 1.54) is 11.8 Å². The number of aliphatic hydroxyl groups excluding tert-OH is 2. The highest BCUT2D eigenvalue weighted by molar-refractivity contribution is 7.99. The first-order valence-corrected chi connectivity index (χ1v) is 6.13. The van der Waals surface area contributed by atoms with E-state index in [1.807, 2.05) is 0 Å². The number of hydrogen-bond donors (Lipinski definition) is 4. The molecule has 0 aliphatic heterocycles. The number of thioether (sulfide) groups is 1. The van der Waals surface area contributed by atoms with Crippen LogP contribution in [0.1, 0.15) is 12.8 Å². The molecule has 15 heavy (non-hydrogen) atoms. The van der Waals surface area contributed by atoms with Gasteiger partial charge in [-0.25, -0.2) is 0 Å². The van der Waals surface area contributed by atoms with E-state index in [-0.39, 0.29) is 13.2 Å². The summed E-state index contributed by atoms with van der Waals surface area (Å²) >= 11 is 1.51. The number of carboxylic acids is 1. The van der Waals surface area contributed by atoms with Crippen LogP contribution in [0.3, 0.4) is 0 Å². The minimum absolute atomic E-state index is 0.0665. The average molecular weight is 237 g/mol. The largest absolute Gasteiger partial charge is 0.480 e. The first-order valence-electron chi connectivity index (χ1n) is 4.98. The van der Waals surface area contributed by atoms with Crippen molar-refractivity contribution in [2.45, 2.75) is 18.9 Å². The van der Waals surface area contributed by atoms with E-state index in [4.69, 9.17) is 15.3 Å². The van der Waals surface area contributed by atoms with Crippen molar-refractivity contribution >= 4 is 17.7 Å². The lowest BCUT2D eigenvalue weighted by atomic mass is 10.3. The van der Waals surface area contributed by atoms with Gasteiger partial charge in [0, 0.05) is 19.0 Å². The van der Waals surface area contributed by atoms with Crippen LogP contribution in [0.25, 0.3) is 0 Å². The Morgan fingerprint density at radius 3 is 2.47 bits per heavy atom. The Kier molecular flexibility index (Phi) is 10.0. The molecule has 0 saturated carbocycles. The van der Waals surface area contributed by atoms with Gasteiger partial charge in [-0.1, -0.05) is 0 Å². The summed E-state index contributed by atoms with van der Waals surface area (Å²) in [7, 11) is 0. The highest BCUT2D eigenvalue weighted by atomic mass is 32.2. The van der Waals surface area contributed by atoms with Crippen LogP contribution in [0.15, 0.2) is 0 Å². The lowest BCUT2D eigenvalue weighted by molar-refractivity contribution is -0.138. The Balaban J connectivity index is 3.59. The lowest BCUT2D eigenvalue weighted by Gasteiger charge is -2.13. The fourth-order valence-corrected chi connectivity index (χ4v) is 1.94. The Morgan fingerprint density at radius 1 is 1.27 bits per heavy atom. The second-order valence-electron chi connectivity index (χ2n) is 3.07. The Morgan fingerprint density at radius 2 is 1.93 bits per heavy atom. The number of hydrogen-bond acceptors (Lipinski definition) is 5. The monoisotopic (exact) mass is 237 g/mol. The molecule has 0 amide bonds. The summed E-state index contributed by atoms with van der Waals surface area (Å²) in [4.78, 5) is 10.8. The van der Waals surface area contributed by atoms with Gasteiger partial charge in [-0.15, -0.1) is 0 Å². The summed E-state index contributed by atoms with van der Waals surface area (Å²) in [6.45, 7) is 0.716. The highest BCUT2D eigenvalue weighted by Gasteiger charge is 2.15. The molecule has 0 aromatic carbocycles. The van der Waals surface area contributed by atoms with Crippen molar-refractivity contribution in [2.75, 3.05) is 31.3 Å². The third-order valence-electron chi connectivity index (χ3n) is 1.76. The molecule has 1 atom stereocenters. The van der Waals surface area contributed by atoms with E-state index in [9.17, 15) is 4.79 Å². The second-order valence-corrected chi connectivity index (χ2v) is 4.22. The molecule has 5 nitrogen and oxygen atoms in total. The zero-order chi connectivity index (χ0) is 11.5. The molecule has 0 saturated heterocycles. The summed E-state index contributed by atoms with van der Waals surface area (Å²) < 4.78 is 0. The van der Waals surface area contributed by atoms with E-state index < -0.39 is 12.0 Å². The van der Waals surface area contributed by atoms with E-state index in [1.54, 1.807) is 0 Å². The Bertz CT molecular complexity index is 168. The Labute approximate surface area is 93.9 Å². The molecule has 0 fully saturated rings. The summed E-state index contributed by atoms with van der Waals surface area (Å²) in [6.07, 6.45) is 1.25. The molecule has 0 spiro atoms. The van der Waals surface area contributed by atoms with Gasteiger partial charge in [-0.05, 0) is 25.1 Å². The van der Waals surface area contributed by atoms with E-state index in [2.05, 4.69) is 5.32 Å². The van der Waals surface area contributed by atoms with Gasteiger partial charge < -0.3 is 20.6 Å². The molecule has 0 radical (unpaired) electrons. The molecule has 0 aromatic heterocycles. The molecular weight excluding hydrogens is 218 g/mol. The number of rotatable bonds is 10. The average Bonchev–Trinajstić information content (AvgIpc) is 2.21. The SMILES string of the molecule is O=C(O)C(CSCCCO)NCCCO. The van der Waals surface area contributed by atoms with Crippen LogP contribution >= 0.6 is 11.8 Å². The first-order chi connectivity index (χ1) is 7.22. The van der Waals surface area contributed by atoms with Gasteiger partial charge in [0.2, 0.25) is 0 Å². The van der Waals surface area contributed by atoms with E-state index >= 15 is 0 Å². The molecular formula is C9H19NO4S. The Hall–Kier alpha value is -0.300. The van der Waals surface area contributed by atoms with Crippen molar-refractivity contribution in [3.05, 3.63) is 0 Å². The quantitative estimate of drug-likeness (QED) is 0.384. The summed E-state index contributed by atoms with van der Waals surface area (Å²) in [5, 5.41) is 28.8. The second kappa shape index (κ2) is 10.2. The molecule has 0 aromatic rings. The first kappa shape index (κ1) is 14.7. The molecule has 0 rings (SSSR count). The number of aliphatic carboxylic acids is 1. The molecule has 0 aliphatic carbocycles. The van der Waals surface area contributed by atoms with E-state index in [0.29, 0.717) is 25.1 Å². The van der Waals surface area contributed by atoms with Crippen molar-refractivity contribution in [1.82, 2.24) is 5.32 Å². The number of carbonyl (C=O) groups is 1. The third kappa shape index (κ3) is 8.68. The van der Waals surface area contributed by atoms with Crippen LogP contribution in [0, 0.1) is 0 Å². The molecule has 0 bridgehead atoms. The molecule has 0 heterocycles. The van der Waals surface area contributed by atoms with Crippen LogP contribution in [-0.2, 0) is 4.79 Å². The third-order valence-corrected chi connectivity index (χ3v) is 2.90. The topological polar surface area (TPSA) is 89.8 Å². The summed E-state index contributed by atoms with van der Waals surface area (Å²) in [5.41, 5.74) is 0. The number of nitrogens with one attached hydrogen (secondary N) is 1. The van der Waals surface area contributed by atoms with Gasteiger partial charge in [0.15, 0.2) is 0 Å². The number of carboxylic acid groups (broad SMARTS) is 1. The predicted molar refractivity (Wildman–Crippen MR) is 60.2 cm³/mol. The van der Waals surface area contributed by atoms with Crippen LogP contribution in [-0.4, -0.2) is 58.6 Å². The maximum atomic E-state index is 10.8. The molecule has 6 heteroatoms. The highest BCUT2D eigenvalue weighted by Crippen LogP contribution is 2.05. The molecule has 4 N–H and O–H groups in total. The van der Waals surface area contributed by atoms with Gasteiger partial charge in [0.05, 0.1) is 0 Å². The van der Waals surface area contributed by atoms with E-state index in [0.717, 1.165) is 5.75 Å². The van der Waals surface area contributed by atoms with Crippen LogP contribution in [0.2, 0.25) is 0 Å². The maximum absolute atomic E-state index is 10.8. The standard InChI is InChI=1S/C9H19NO4S/c11-4-1-3-10-8(9(13)14)7-15-6-2-5-12/h8,10-12H,1-7H2,(H,13,14). The van der Waals surface area contributed by atoms with Gasteiger partial charge in [0.25, 0.3) is 0 Å². The van der Waals surface area contributed by atoms with Crippen molar-refractivity contribution in [2.24, 2.45) is 0 Å². The van der Waals surface area contributed by atoms with Crippen molar-refractivity contribution in [3.63, 3.8) is 0 Å². The number of aliphatic hydroxyl groups is 2. The fraction of sp³-hybridized carbons (Fsp3) is 0.889. The van der Waals surface area contributed by atoms with Gasteiger partial charge in [0.1, 0.15) is 6.04 Å². The molecule has 90 valence electrons. The van der Waals surface area contributed by atoms with Crippen molar-refractivity contribution in [1.29, 1.82) is 0 Å². The fourth-order valence-electron chi connectivity index (χ4n) is 0.941. The van der Waals surface area contributed by atoms with Gasteiger partial charge >= 0.3 is 5.97 Å². The van der Waals surface area contributed by atoms with Gasteiger partial charge in [-0.2, -0.15) is 11.8 Å². The predicted octanol–water partition coefficient (Wildman–Crippen LogP) is -0.473. The zero-order valence-electron chi connectivity index (χ0n) is 8.69. The minimum atomic E-state index is -0.871. The normalized spacial score (nSPS) is 12.7. The summed E-state index contributed by atoms with van der Waals surface area (Å²) in [5.74, 6) is 0.382. The summed E-state index contributed by atoms with van der Waals surface area (Å²) in [6, 6.07) is -0.569. The lowest BCUT2D eigenvalue weighted by Crippen LogP contribution is -2.39. The van der Waals surface area contributed by atoms with Crippen LogP contribution < -0.4 is 5.32 Å².